The Balaban J connectivity index is 1.18. The van der Waals surface area contributed by atoms with Crippen LogP contribution in [0, 0.1) is 0 Å². The van der Waals surface area contributed by atoms with Crippen LogP contribution in [0.4, 0.5) is 9.59 Å². The number of ether oxygens (including phenoxy) is 2. The summed E-state index contributed by atoms with van der Waals surface area (Å²) >= 11 is 2.66. The molecule has 0 aliphatic carbocycles. The number of alkyl carbamates (subject to hydrolysis) is 2. The molecule has 3 aromatic rings. The Kier molecular flexibility index (Phi) is 8.88. The molecule has 2 aromatic carbocycles. The highest BCUT2D eigenvalue weighted by Gasteiger charge is 2.54. The molecule has 4 amide bonds. The molecule has 0 saturated carbocycles. The van der Waals surface area contributed by atoms with Crippen LogP contribution in [-0.4, -0.2) is 63.8 Å². The number of carboxylic acid groups (broad SMARTS) is 1. The van der Waals surface area contributed by atoms with Crippen LogP contribution in [0.2, 0.25) is 0 Å². The molecule has 216 valence electrons. The second kappa shape index (κ2) is 12.9. The number of benzene rings is 2. The molecule has 1 fully saturated rings. The van der Waals surface area contributed by atoms with Crippen molar-refractivity contribution in [2.45, 2.75) is 23.9 Å². The molecule has 1 saturated heterocycles. The third-order valence-electron chi connectivity index (χ3n) is 6.49. The van der Waals surface area contributed by atoms with Crippen LogP contribution in [0.25, 0.3) is 0 Å². The number of carbonyl (C=O) groups is 5. The number of imide groups is 1. The smallest absolute Gasteiger partial charge is 0.417 e. The minimum absolute atomic E-state index is 0.120. The van der Waals surface area contributed by atoms with Gasteiger partial charge in [0.25, 0.3) is 5.91 Å². The summed E-state index contributed by atoms with van der Waals surface area (Å²) in [5, 5.41) is 15.8. The number of thiophene rings is 1. The second-order valence-corrected chi connectivity index (χ2v) is 11.4. The van der Waals surface area contributed by atoms with E-state index in [9.17, 15) is 29.1 Å². The van der Waals surface area contributed by atoms with Crippen molar-refractivity contribution in [3.8, 4) is 0 Å². The quantitative estimate of drug-likeness (QED) is 0.310. The van der Waals surface area contributed by atoms with Gasteiger partial charge in [-0.05, 0) is 22.6 Å². The molecule has 5 rings (SSSR count). The minimum atomic E-state index is -1.37. The highest BCUT2D eigenvalue weighted by atomic mass is 32.2. The van der Waals surface area contributed by atoms with E-state index in [0.29, 0.717) is 11.1 Å². The summed E-state index contributed by atoms with van der Waals surface area (Å²) in [4.78, 5) is 64.2. The van der Waals surface area contributed by atoms with Gasteiger partial charge in [-0.1, -0.05) is 66.7 Å². The van der Waals surface area contributed by atoms with Crippen LogP contribution in [0.3, 0.4) is 0 Å². The molecule has 42 heavy (non-hydrogen) atoms. The van der Waals surface area contributed by atoms with Gasteiger partial charge in [0.15, 0.2) is 6.10 Å². The molecule has 0 radical (unpaired) electrons. The fraction of sp³-hybridized carbons (Fsp3) is 0.207. The molecule has 2 aliphatic rings. The number of fused-ring (bicyclic) bond motifs is 1. The molecule has 0 spiro atoms. The lowest BCUT2D eigenvalue weighted by molar-refractivity contribution is -0.150. The summed E-state index contributed by atoms with van der Waals surface area (Å²) in [6, 6.07) is 20.8. The van der Waals surface area contributed by atoms with Gasteiger partial charge in [-0.3, -0.25) is 14.5 Å². The third kappa shape index (κ3) is 6.47. The lowest BCUT2D eigenvalue weighted by Crippen LogP contribution is -2.70. The Morgan fingerprint density at radius 1 is 0.952 bits per heavy atom. The average molecular weight is 608 g/mol. The molecule has 2 aliphatic heterocycles. The van der Waals surface area contributed by atoms with E-state index in [1.807, 2.05) is 35.0 Å². The Labute approximate surface area is 248 Å². The average Bonchev–Trinajstić information content (AvgIpc) is 3.50. The van der Waals surface area contributed by atoms with E-state index in [1.165, 1.54) is 23.1 Å². The number of nitrogens with one attached hydrogen (secondary N) is 2. The zero-order chi connectivity index (χ0) is 29.6. The van der Waals surface area contributed by atoms with Crippen LogP contribution in [0.15, 0.2) is 89.4 Å². The third-order valence-corrected chi connectivity index (χ3v) is 8.71. The standard InChI is InChI=1S/C29H25N3O8S2/c33-21(14-20-12-7-13-41-20)30-22-25(34)32-23(27(35)36)19(16-42-26(22)32)15-39-28(37)31-29(38)40-24(17-8-3-1-4-9-17)18-10-5-2-6-11-18/h1-13,22,24,26H,14-16H2,(H,30,33)(H,35,36)(H,31,37,38)/t22?,26-/m1/s1. The normalized spacial score (nSPS) is 17.6. The van der Waals surface area contributed by atoms with Crippen molar-refractivity contribution in [3.63, 3.8) is 0 Å². The van der Waals surface area contributed by atoms with E-state index in [4.69, 9.17) is 9.47 Å². The zero-order valence-electron chi connectivity index (χ0n) is 21.9. The molecule has 1 unspecified atom stereocenters. The van der Waals surface area contributed by atoms with E-state index in [1.54, 1.807) is 48.5 Å². The summed E-state index contributed by atoms with van der Waals surface area (Å²) in [6.07, 6.45) is -2.86. The van der Waals surface area contributed by atoms with Gasteiger partial charge in [-0.2, -0.15) is 0 Å². The van der Waals surface area contributed by atoms with Gasteiger partial charge < -0.3 is 19.9 Å². The van der Waals surface area contributed by atoms with Crippen molar-refractivity contribution in [2.75, 3.05) is 12.4 Å². The molecule has 13 heteroatoms. The molecule has 2 atom stereocenters. The second-order valence-electron chi connectivity index (χ2n) is 9.28. The van der Waals surface area contributed by atoms with Crippen LogP contribution in [0.1, 0.15) is 22.1 Å². The highest BCUT2D eigenvalue weighted by molar-refractivity contribution is 8.00. The van der Waals surface area contributed by atoms with Crippen LogP contribution >= 0.6 is 23.1 Å². The van der Waals surface area contributed by atoms with E-state index < -0.39 is 48.2 Å². The number of carboxylic acids is 1. The fourth-order valence-electron chi connectivity index (χ4n) is 4.58. The first-order valence-electron chi connectivity index (χ1n) is 12.8. The first kappa shape index (κ1) is 28.9. The number of carbonyl (C=O) groups excluding carboxylic acids is 4. The summed E-state index contributed by atoms with van der Waals surface area (Å²) in [7, 11) is 0. The molecule has 3 heterocycles. The summed E-state index contributed by atoms with van der Waals surface area (Å²) in [5.41, 5.74) is 1.25. The predicted octanol–water partition coefficient (Wildman–Crippen LogP) is 3.68. The van der Waals surface area contributed by atoms with Gasteiger partial charge in [0, 0.05) is 16.2 Å². The maximum Gasteiger partial charge on any atom is 0.417 e. The number of rotatable bonds is 9. The number of thioether (sulfide) groups is 1. The van der Waals surface area contributed by atoms with Crippen LogP contribution in [0.5, 0.6) is 0 Å². The molecule has 11 nitrogen and oxygen atoms in total. The van der Waals surface area contributed by atoms with Gasteiger partial charge >= 0.3 is 18.2 Å². The topological polar surface area (TPSA) is 151 Å². The maximum atomic E-state index is 12.8. The van der Waals surface area contributed by atoms with Crippen LogP contribution in [-0.2, 0) is 30.3 Å². The number of nitrogens with zero attached hydrogens (tertiary/aromatic N) is 1. The molecule has 1 aromatic heterocycles. The monoisotopic (exact) mass is 607 g/mol. The number of amides is 4. The van der Waals surface area contributed by atoms with E-state index >= 15 is 0 Å². The Morgan fingerprint density at radius 2 is 1.62 bits per heavy atom. The van der Waals surface area contributed by atoms with Crippen molar-refractivity contribution in [1.82, 2.24) is 15.5 Å². The largest absolute Gasteiger partial charge is 0.477 e. The number of hydrogen-bond donors (Lipinski definition) is 3. The lowest BCUT2D eigenvalue weighted by Gasteiger charge is -2.49. The van der Waals surface area contributed by atoms with Crippen molar-refractivity contribution in [3.05, 3.63) is 105 Å². The Hall–Kier alpha value is -4.62. The van der Waals surface area contributed by atoms with Crippen molar-refractivity contribution in [1.29, 1.82) is 0 Å². The SMILES string of the molecule is O=C(Cc1cccs1)NC1C(=O)N2C(C(=O)O)=C(COC(=O)NC(=O)OC(c3ccccc3)c3ccccc3)CS[C@H]12. The summed E-state index contributed by atoms with van der Waals surface area (Å²) < 4.78 is 10.7. The molecular weight excluding hydrogens is 582 g/mol. The first-order valence-corrected chi connectivity index (χ1v) is 14.7. The fourth-order valence-corrected chi connectivity index (χ4v) is 6.61. The predicted molar refractivity (Wildman–Crippen MR) is 153 cm³/mol. The van der Waals surface area contributed by atoms with Gasteiger partial charge in [-0.25, -0.2) is 19.7 Å². The van der Waals surface area contributed by atoms with Crippen LogP contribution < -0.4 is 10.6 Å². The molecule has 3 N–H and O–H groups in total. The number of β-lactam (4-membered cyclic amide) rings is 1. The first-order chi connectivity index (χ1) is 20.3. The van der Waals surface area contributed by atoms with Gasteiger partial charge in [0.1, 0.15) is 23.7 Å². The van der Waals surface area contributed by atoms with Gasteiger partial charge in [-0.15, -0.1) is 23.1 Å². The number of aliphatic carboxylic acids is 1. The zero-order valence-corrected chi connectivity index (χ0v) is 23.6. The molecular formula is C29H25N3O8S2. The van der Waals surface area contributed by atoms with Gasteiger partial charge in [0.05, 0.1) is 6.42 Å². The van der Waals surface area contributed by atoms with E-state index in [0.717, 1.165) is 9.78 Å². The number of hydrogen-bond acceptors (Lipinski definition) is 9. The van der Waals surface area contributed by atoms with Crippen molar-refractivity contribution < 1.29 is 38.6 Å². The Morgan fingerprint density at radius 3 is 2.21 bits per heavy atom. The summed E-state index contributed by atoms with van der Waals surface area (Å²) in [5.74, 6) is -2.14. The lowest BCUT2D eigenvalue weighted by atomic mass is 10.0. The highest BCUT2D eigenvalue weighted by Crippen LogP contribution is 2.40. The summed E-state index contributed by atoms with van der Waals surface area (Å²) in [6.45, 7) is -0.472. The molecule has 0 bridgehead atoms. The van der Waals surface area contributed by atoms with Crippen molar-refractivity contribution >= 4 is 53.1 Å². The Bertz CT molecular complexity index is 1470. The van der Waals surface area contributed by atoms with E-state index in [2.05, 4.69) is 5.32 Å². The van der Waals surface area contributed by atoms with Crippen molar-refractivity contribution in [2.24, 2.45) is 0 Å². The maximum absolute atomic E-state index is 12.8. The minimum Gasteiger partial charge on any atom is -0.477 e. The van der Waals surface area contributed by atoms with Gasteiger partial charge in [0.2, 0.25) is 5.91 Å². The van der Waals surface area contributed by atoms with E-state index in [-0.39, 0.29) is 29.4 Å².